The third-order valence-corrected chi connectivity index (χ3v) is 6.19. The minimum atomic E-state index is -0.376. The second-order valence-electron chi connectivity index (χ2n) is 9.23. The molecule has 6 heteroatoms. The maximum absolute atomic E-state index is 13.2. The number of ether oxygens (including phenoxy) is 2. The molecular formula is C25H31FN2O3. The quantitative estimate of drug-likeness (QED) is 0.767. The number of amides is 1. The molecule has 5 nitrogen and oxygen atoms in total. The largest absolute Gasteiger partial charge is 0.497 e. The van der Waals surface area contributed by atoms with Crippen molar-refractivity contribution in [3.63, 3.8) is 0 Å². The van der Waals surface area contributed by atoms with E-state index >= 15 is 0 Å². The van der Waals surface area contributed by atoms with E-state index in [1.807, 2.05) is 44.2 Å². The zero-order valence-electron chi connectivity index (χ0n) is 18.5. The summed E-state index contributed by atoms with van der Waals surface area (Å²) in [6, 6.07) is 12.3. The van der Waals surface area contributed by atoms with Crippen molar-refractivity contribution in [1.29, 1.82) is 0 Å². The molecule has 1 amide bonds. The van der Waals surface area contributed by atoms with E-state index in [4.69, 9.17) is 9.47 Å². The number of hydrogen-bond acceptors (Lipinski definition) is 4. The highest BCUT2D eigenvalue weighted by molar-refractivity contribution is 5.79. The first kappa shape index (κ1) is 21.6. The van der Waals surface area contributed by atoms with Gasteiger partial charge >= 0.3 is 0 Å². The molecule has 2 aromatic rings. The standard InChI is InChI=1S/C25H31FN2O3/c1-25(2)14-22(21-11-10-20(30-3)13-23(21)31-25)27-24(29)18-5-4-12-28(16-18)15-17-6-8-19(26)9-7-17/h6-11,13,18,22H,4-5,12,14-16H2,1-3H3,(H,27,29)/t18-,22-/m0/s1. The average molecular weight is 427 g/mol. The SMILES string of the molecule is COc1ccc2c(c1)OC(C)(C)C[C@@H]2NC(=O)[C@H]1CCCN(Cc2ccc(F)cc2)C1. The highest BCUT2D eigenvalue weighted by Crippen LogP contribution is 2.41. The molecule has 4 rings (SSSR count). The lowest BCUT2D eigenvalue weighted by atomic mass is 9.88. The molecular weight excluding hydrogens is 395 g/mol. The van der Waals surface area contributed by atoms with E-state index in [9.17, 15) is 9.18 Å². The number of fused-ring (bicyclic) bond motifs is 1. The highest BCUT2D eigenvalue weighted by Gasteiger charge is 2.36. The van der Waals surface area contributed by atoms with E-state index in [2.05, 4.69) is 10.2 Å². The summed E-state index contributed by atoms with van der Waals surface area (Å²) in [5.41, 5.74) is 1.68. The molecule has 0 unspecified atom stereocenters. The summed E-state index contributed by atoms with van der Waals surface area (Å²) in [7, 11) is 1.63. The summed E-state index contributed by atoms with van der Waals surface area (Å²) >= 11 is 0. The molecule has 0 saturated carbocycles. The van der Waals surface area contributed by atoms with Gasteiger partial charge in [0.2, 0.25) is 5.91 Å². The maximum atomic E-state index is 13.2. The molecule has 2 aliphatic rings. The Kier molecular flexibility index (Phi) is 6.19. The molecule has 0 bridgehead atoms. The number of rotatable bonds is 5. The smallest absolute Gasteiger partial charge is 0.224 e. The first-order valence-corrected chi connectivity index (χ1v) is 11.0. The van der Waals surface area contributed by atoms with Crippen LogP contribution in [0.3, 0.4) is 0 Å². The second kappa shape index (κ2) is 8.87. The molecule has 2 heterocycles. The van der Waals surface area contributed by atoms with Gasteiger partial charge in [-0.1, -0.05) is 12.1 Å². The van der Waals surface area contributed by atoms with Gasteiger partial charge in [-0.2, -0.15) is 0 Å². The third kappa shape index (κ3) is 5.18. The van der Waals surface area contributed by atoms with E-state index in [-0.39, 0.29) is 29.3 Å². The van der Waals surface area contributed by atoms with Gasteiger partial charge in [0.25, 0.3) is 0 Å². The van der Waals surface area contributed by atoms with Crippen molar-refractivity contribution >= 4 is 5.91 Å². The number of nitrogens with zero attached hydrogens (tertiary/aromatic N) is 1. The summed E-state index contributed by atoms with van der Waals surface area (Å²) in [6.45, 7) is 6.48. The molecule has 2 aliphatic heterocycles. The van der Waals surface area contributed by atoms with Gasteiger partial charge in [0.1, 0.15) is 22.9 Å². The van der Waals surface area contributed by atoms with E-state index in [1.54, 1.807) is 7.11 Å². The number of methoxy groups -OCH3 is 1. The predicted octanol–water partition coefficient (Wildman–Crippen LogP) is 4.46. The van der Waals surface area contributed by atoms with Crippen LogP contribution in [0.4, 0.5) is 4.39 Å². The highest BCUT2D eigenvalue weighted by atomic mass is 19.1. The topological polar surface area (TPSA) is 50.8 Å². The van der Waals surface area contributed by atoms with Crippen molar-refractivity contribution < 1.29 is 18.7 Å². The first-order valence-electron chi connectivity index (χ1n) is 11.0. The minimum absolute atomic E-state index is 0.0538. The van der Waals surface area contributed by atoms with Crippen LogP contribution >= 0.6 is 0 Å². The van der Waals surface area contributed by atoms with E-state index < -0.39 is 0 Å². The van der Waals surface area contributed by atoms with Crippen LogP contribution in [0.25, 0.3) is 0 Å². The molecule has 0 aliphatic carbocycles. The maximum Gasteiger partial charge on any atom is 0.224 e. The number of carbonyl (C=O) groups excluding carboxylic acids is 1. The van der Waals surface area contributed by atoms with Gasteiger partial charge in [-0.3, -0.25) is 9.69 Å². The van der Waals surface area contributed by atoms with Crippen molar-refractivity contribution in [2.75, 3.05) is 20.2 Å². The van der Waals surface area contributed by atoms with Gasteiger partial charge in [-0.15, -0.1) is 0 Å². The molecule has 1 fully saturated rings. The minimum Gasteiger partial charge on any atom is -0.497 e. The summed E-state index contributed by atoms with van der Waals surface area (Å²) in [5.74, 6) is 1.32. The fourth-order valence-corrected chi connectivity index (χ4v) is 4.64. The Morgan fingerprint density at radius 3 is 2.77 bits per heavy atom. The van der Waals surface area contributed by atoms with Crippen molar-refractivity contribution in [3.05, 3.63) is 59.4 Å². The molecule has 2 aromatic carbocycles. The number of halogens is 1. The van der Waals surface area contributed by atoms with Gasteiger partial charge in [0.05, 0.1) is 19.1 Å². The molecule has 0 spiro atoms. The summed E-state index contributed by atoms with van der Waals surface area (Å²) in [6.07, 6.45) is 2.57. The Morgan fingerprint density at radius 1 is 1.26 bits per heavy atom. The normalized spacial score (nSPS) is 22.8. The fraction of sp³-hybridized carbons (Fsp3) is 0.480. The molecule has 0 radical (unpaired) electrons. The van der Waals surface area contributed by atoms with Crippen LogP contribution in [-0.2, 0) is 11.3 Å². The van der Waals surface area contributed by atoms with Crippen LogP contribution in [0.5, 0.6) is 11.5 Å². The molecule has 0 aromatic heterocycles. The monoisotopic (exact) mass is 426 g/mol. The Hall–Kier alpha value is -2.60. The number of benzene rings is 2. The van der Waals surface area contributed by atoms with Crippen LogP contribution in [-0.4, -0.2) is 36.6 Å². The van der Waals surface area contributed by atoms with Crippen molar-refractivity contribution in [3.8, 4) is 11.5 Å². The third-order valence-electron chi connectivity index (χ3n) is 6.19. The Balaban J connectivity index is 1.43. The van der Waals surface area contributed by atoms with E-state index in [1.165, 1.54) is 12.1 Å². The van der Waals surface area contributed by atoms with Gasteiger partial charge in [-0.25, -0.2) is 4.39 Å². The summed E-state index contributed by atoms with van der Waals surface area (Å²) < 4.78 is 24.7. The lowest BCUT2D eigenvalue weighted by Gasteiger charge is -2.39. The average Bonchev–Trinajstić information content (AvgIpc) is 2.74. The number of likely N-dealkylation sites (tertiary alicyclic amines) is 1. The van der Waals surface area contributed by atoms with Crippen molar-refractivity contribution in [2.45, 2.75) is 51.3 Å². The van der Waals surface area contributed by atoms with Crippen LogP contribution in [0, 0.1) is 11.7 Å². The van der Waals surface area contributed by atoms with Crippen LogP contribution in [0.2, 0.25) is 0 Å². The fourth-order valence-electron chi connectivity index (χ4n) is 4.64. The molecule has 1 saturated heterocycles. The van der Waals surface area contributed by atoms with Crippen LogP contribution in [0.15, 0.2) is 42.5 Å². The zero-order chi connectivity index (χ0) is 22.0. The Bertz CT molecular complexity index is 929. The van der Waals surface area contributed by atoms with E-state index in [0.717, 1.165) is 48.6 Å². The van der Waals surface area contributed by atoms with Crippen LogP contribution < -0.4 is 14.8 Å². The van der Waals surface area contributed by atoms with Crippen molar-refractivity contribution in [1.82, 2.24) is 10.2 Å². The molecule has 31 heavy (non-hydrogen) atoms. The lowest BCUT2D eigenvalue weighted by molar-refractivity contribution is -0.128. The number of hydrogen-bond donors (Lipinski definition) is 1. The van der Waals surface area contributed by atoms with Gasteiger partial charge in [0, 0.05) is 31.1 Å². The molecule has 2 atom stereocenters. The van der Waals surface area contributed by atoms with E-state index in [0.29, 0.717) is 13.0 Å². The van der Waals surface area contributed by atoms with Gasteiger partial charge in [-0.05, 0) is 63.1 Å². The number of nitrogens with one attached hydrogen (secondary N) is 1. The first-order chi connectivity index (χ1) is 14.8. The molecule has 1 N–H and O–H groups in total. The number of carbonyl (C=O) groups is 1. The summed E-state index contributed by atoms with van der Waals surface area (Å²) in [5, 5.41) is 3.29. The van der Waals surface area contributed by atoms with Gasteiger partial charge in [0.15, 0.2) is 0 Å². The number of piperidine rings is 1. The lowest BCUT2D eigenvalue weighted by Crippen LogP contribution is -2.46. The zero-order valence-corrected chi connectivity index (χ0v) is 18.5. The predicted molar refractivity (Wildman–Crippen MR) is 118 cm³/mol. The Labute approximate surface area is 183 Å². The second-order valence-corrected chi connectivity index (χ2v) is 9.23. The van der Waals surface area contributed by atoms with Crippen LogP contribution in [0.1, 0.15) is 50.3 Å². The van der Waals surface area contributed by atoms with Crippen molar-refractivity contribution in [2.24, 2.45) is 5.92 Å². The summed E-state index contributed by atoms with van der Waals surface area (Å²) in [4.78, 5) is 15.5. The van der Waals surface area contributed by atoms with Gasteiger partial charge < -0.3 is 14.8 Å². The Morgan fingerprint density at radius 2 is 2.03 bits per heavy atom. The molecule has 166 valence electrons.